The number of methoxy groups -OCH3 is 1. The first-order chi connectivity index (χ1) is 8.15. The van der Waals surface area contributed by atoms with Gasteiger partial charge < -0.3 is 9.84 Å². The number of ether oxygens (including phenoxy) is 1. The first-order valence-electron chi connectivity index (χ1n) is 4.98. The van der Waals surface area contributed by atoms with E-state index >= 15 is 0 Å². The molecule has 0 aliphatic rings. The Morgan fingerprint density at radius 2 is 1.82 bits per heavy atom. The Morgan fingerprint density at radius 1 is 1.12 bits per heavy atom. The van der Waals surface area contributed by atoms with E-state index in [2.05, 4.69) is 4.74 Å². The van der Waals surface area contributed by atoms with Crippen LogP contribution in [0.1, 0.15) is 20.7 Å². The molecular weight excluding hydrogens is 220 g/mol. The van der Waals surface area contributed by atoms with Crippen LogP contribution in [0.4, 0.5) is 0 Å². The van der Waals surface area contributed by atoms with Crippen molar-refractivity contribution in [3.63, 3.8) is 0 Å². The van der Waals surface area contributed by atoms with Gasteiger partial charge in [-0.3, -0.25) is 0 Å². The Bertz CT molecular complexity index is 601. The Labute approximate surface area is 97.4 Å². The quantitative estimate of drug-likeness (QED) is 0.804. The third-order valence-electron chi connectivity index (χ3n) is 2.55. The van der Waals surface area contributed by atoms with E-state index in [4.69, 9.17) is 0 Å². The lowest BCUT2D eigenvalue weighted by Gasteiger charge is -2.07. The number of hydrogen-bond donors (Lipinski definition) is 1. The van der Waals surface area contributed by atoms with Gasteiger partial charge in [-0.2, -0.15) is 0 Å². The Morgan fingerprint density at radius 3 is 2.47 bits per heavy atom. The van der Waals surface area contributed by atoms with Crippen molar-refractivity contribution in [3.05, 3.63) is 47.5 Å². The van der Waals surface area contributed by atoms with Crippen molar-refractivity contribution in [1.29, 1.82) is 0 Å². The number of benzene rings is 2. The van der Waals surface area contributed by atoms with Crippen molar-refractivity contribution in [2.45, 2.75) is 0 Å². The minimum Gasteiger partial charge on any atom is -0.478 e. The van der Waals surface area contributed by atoms with Crippen LogP contribution in [0, 0.1) is 0 Å². The van der Waals surface area contributed by atoms with Crippen molar-refractivity contribution >= 4 is 22.7 Å². The monoisotopic (exact) mass is 230 g/mol. The van der Waals surface area contributed by atoms with Gasteiger partial charge in [-0.25, -0.2) is 9.59 Å². The van der Waals surface area contributed by atoms with Crippen LogP contribution in [0.3, 0.4) is 0 Å². The van der Waals surface area contributed by atoms with Gasteiger partial charge >= 0.3 is 11.9 Å². The number of esters is 1. The summed E-state index contributed by atoms with van der Waals surface area (Å²) >= 11 is 0. The van der Waals surface area contributed by atoms with E-state index in [1.54, 1.807) is 24.3 Å². The number of fused-ring (bicyclic) bond motifs is 1. The third kappa shape index (κ3) is 1.85. The summed E-state index contributed by atoms with van der Waals surface area (Å²) in [5, 5.41) is 10.5. The second kappa shape index (κ2) is 4.25. The summed E-state index contributed by atoms with van der Waals surface area (Å²) in [5.74, 6) is -1.78. The fraction of sp³-hybridized carbons (Fsp3) is 0.0769. The molecular formula is C13H10O4. The average Bonchev–Trinajstić information content (AvgIpc) is 2.36. The number of carbonyl (C=O) groups excluding carboxylic acids is 1. The van der Waals surface area contributed by atoms with Crippen molar-refractivity contribution in [2.24, 2.45) is 0 Å². The summed E-state index contributed by atoms with van der Waals surface area (Å²) in [4.78, 5) is 22.7. The van der Waals surface area contributed by atoms with Gasteiger partial charge in [0.1, 0.15) is 0 Å². The maximum Gasteiger partial charge on any atom is 0.338 e. The second-order valence-electron chi connectivity index (χ2n) is 3.51. The first-order valence-corrected chi connectivity index (χ1v) is 4.98. The van der Waals surface area contributed by atoms with E-state index in [0.29, 0.717) is 5.39 Å². The number of carboxylic acids is 1. The van der Waals surface area contributed by atoms with Crippen LogP contribution in [0.15, 0.2) is 36.4 Å². The molecule has 0 bridgehead atoms. The van der Waals surface area contributed by atoms with Gasteiger partial charge in [0.05, 0.1) is 18.2 Å². The van der Waals surface area contributed by atoms with Crippen molar-refractivity contribution in [2.75, 3.05) is 7.11 Å². The van der Waals surface area contributed by atoms with Crippen molar-refractivity contribution in [3.8, 4) is 0 Å². The zero-order valence-electron chi connectivity index (χ0n) is 9.14. The van der Waals surface area contributed by atoms with E-state index in [1.807, 2.05) is 6.07 Å². The molecule has 86 valence electrons. The molecule has 0 saturated heterocycles. The van der Waals surface area contributed by atoms with Crippen molar-refractivity contribution in [1.82, 2.24) is 0 Å². The molecule has 2 aromatic carbocycles. The maximum absolute atomic E-state index is 11.5. The number of rotatable bonds is 2. The highest BCUT2D eigenvalue weighted by Gasteiger charge is 2.19. The third-order valence-corrected chi connectivity index (χ3v) is 2.55. The van der Waals surface area contributed by atoms with E-state index in [1.165, 1.54) is 13.2 Å². The molecule has 2 rings (SSSR count). The van der Waals surface area contributed by atoms with Crippen molar-refractivity contribution < 1.29 is 19.4 Å². The number of hydrogen-bond acceptors (Lipinski definition) is 3. The summed E-state index contributed by atoms with van der Waals surface area (Å²) in [7, 11) is 1.23. The Hall–Kier alpha value is -2.36. The van der Waals surface area contributed by atoms with Gasteiger partial charge in [0, 0.05) is 0 Å². The smallest absolute Gasteiger partial charge is 0.338 e. The van der Waals surface area contributed by atoms with Crippen LogP contribution < -0.4 is 0 Å². The van der Waals surface area contributed by atoms with Crippen LogP contribution in [-0.2, 0) is 4.74 Å². The minimum atomic E-state index is -1.14. The first kappa shape index (κ1) is 11.1. The molecule has 0 heterocycles. The predicted octanol–water partition coefficient (Wildman–Crippen LogP) is 2.32. The highest BCUT2D eigenvalue weighted by Crippen LogP contribution is 2.23. The lowest BCUT2D eigenvalue weighted by Crippen LogP contribution is -2.10. The van der Waals surface area contributed by atoms with Crippen LogP contribution >= 0.6 is 0 Å². The molecule has 0 atom stereocenters. The Balaban J connectivity index is 2.82. The molecule has 1 N–H and O–H groups in total. The molecule has 0 radical (unpaired) electrons. The summed E-state index contributed by atoms with van der Waals surface area (Å²) in [6.07, 6.45) is 0. The standard InChI is InChI=1S/C13H10O4/c1-17-13(16)10-7-6-8-4-2-3-5-9(8)11(10)12(14)15/h2-7H,1H3,(H,14,15). The van der Waals surface area contributed by atoms with Gasteiger partial charge in [0.25, 0.3) is 0 Å². The minimum absolute atomic E-state index is 0.0186. The van der Waals surface area contributed by atoms with Gasteiger partial charge in [-0.1, -0.05) is 30.3 Å². The fourth-order valence-corrected chi connectivity index (χ4v) is 1.78. The summed E-state index contributed by atoms with van der Waals surface area (Å²) in [6, 6.07) is 10.2. The molecule has 0 spiro atoms. The number of carboxylic acid groups (broad SMARTS) is 1. The van der Waals surface area contributed by atoms with Gasteiger partial charge in [-0.15, -0.1) is 0 Å². The van der Waals surface area contributed by atoms with Crippen LogP contribution in [0.2, 0.25) is 0 Å². The van der Waals surface area contributed by atoms with Crippen LogP contribution in [0.5, 0.6) is 0 Å². The number of aromatic carboxylic acids is 1. The molecule has 0 amide bonds. The molecule has 0 aliphatic heterocycles. The maximum atomic E-state index is 11.5. The van der Waals surface area contributed by atoms with E-state index in [9.17, 15) is 14.7 Å². The second-order valence-corrected chi connectivity index (χ2v) is 3.51. The normalized spacial score (nSPS) is 10.2. The molecule has 2 aromatic rings. The number of carbonyl (C=O) groups is 2. The highest BCUT2D eigenvalue weighted by molar-refractivity contribution is 6.12. The lowest BCUT2D eigenvalue weighted by atomic mass is 9.99. The average molecular weight is 230 g/mol. The van der Waals surface area contributed by atoms with Gasteiger partial charge in [0.2, 0.25) is 0 Å². The molecule has 17 heavy (non-hydrogen) atoms. The largest absolute Gasteiger partial charge is 0.478 e. The summed E-state index contributed by atoms with van der Waals surface area (Å²) in [6.45, 7) is 0. The highest BCUT2D eigenvalue weighted by atomic mass is 16.5. The van der Waals surface area contributed by atoms with Crippen LogP contribution in [-0.4, -0.2) is 24.2 Å². The van der Waals surface area contributed by atoms with E-state index < -0.39 is 11.9 Å². The molecule has 4 nitrogen and oxygen atoms in total. The lowest BCUT2D eigenvalue weighted by molar-refractivity contribution is 0.0583. The molecule has 0 fully saturated rings. The molecule has 4 heteroatoms. The molecule has 0 saturated carbocycles. The SMILES string of the molecule is COC(=O)c1ccc2ccccc2c1C(=O)O. The van der Waals surface area contributed by atoms with E-state index in [0.717, 1.165) is 5.39 Å². The Kier molecular flexibility index (Phi) is 2.78. The zero-order valence-corrected chi connectivity index (χ0v) is 9.14. The zero-order chi connectivity index (χ0) is 12.4. The predicted molar refractivity (Wildman–Crippen MR) is 62.2 cm³/mol. The molecule has 0 unspecified atom stereocenters. The van der Waals surface area contributed by atoms with Gasteiger partial charge in [-0.05, 0) is 16.8 Å². The topological polar surface area (TPSA) is 63.6 Å². The molecule has 0 aromatic heterocycles. The van der Waals surface area contributed by atoms with Gasteiger partial charge in [0.15, 0.2) is 0 Å². The summed E-state index contributed by atoms with van der Waals surface area (Å²) in [5.41, 5.74) is 0.0497. The summed E-state index contributed by atoms with van der Waals surface area (Å²) < 4.78 is 4.57. The van der Waals surface area contributed by atoms with E-state index in [-0.39, 0.29) is 11.1 Å². The fourth-order valence-electron chi connectivity index (χ4n) is 1.78. The van der Waals surface area contributed by atoms with Crippen LogP contribution in [0.25, 0.3) is 10.8 Å². The molecule has 0 aliphatic carbocycles.